The van der Waals surface area contributed by atoms with Crippen molar-refractivity contribution < 1.29 is 9.31 Å². The third kappa shape index (κ3) is 5.76. The molecule has 0 saturated heterocycles. The highest BCUT2D eigenvalue weighted by Gasteiger charge is 2.12. The van der Waals surface area contributed by atoms with Gasteiger partial charge in [0, 0.05) is 31.8 Å². The minimum absolute atomic E-state index is 0. The second-order valence-corrected chi connectivity index (χ2v) is 4.80. The summed E-state index contributed by atoms with van der Waals surface area (Å²) >= 11 is 0. The number of benzene rings is 2. The van der Waals surface area contributed by atoms with Crippen LogP contribution in [0.1, 0.15) is 11.1 Å². The lowest BCUT2D eigenvalue weighted by Crippen LogP contribution is -2.36. The standard InChI is InChI=1S/C16H17FN4O2.HI/c1-18-16(19-10-12-5-4-7-14(17)9-12)20-11-13-6-2-3-8-15(13)21(22)23;/h2-9H,10-11H2,1H3,(H2,18,19,20);1H. The molecule has 0 spiro atoms. The largest absolute Gasteiger partial charge is 0.352 e. The molecule has 0 fully saturated rings. The average molecular weight is 444 g/mol. The molecule has 0 saturated carbocycles. The molecule has 0 atom stereocenters. The van der Waals surface area contributed by atoms with E-state index in [9.17, 15) is 14.5 Å². The van der Waals surface area contributed by atoms with Crippen LogP contribution in [0.15, 0.2) is 53.5 Å². The second-order valence-electron chi connectivity index (χ2n) is 4.80. The number of rotatable bonds is 5. The van der Waals surface area contributed by atoms with Crippen molar-refractivity contribution in [3.63, 3.8) is 0 Å². The first kappa shape index (κ1) is 19.8. The zero-order valence-corrected chi connectivity index (χ0v) is 15.4. The van der Waals surface area contributed by atoms with Gasteiger partial charge in [0.25, 0.3) is 5.69 Å². The number of aliphatic imine (C=N–C) groups is 1. The first-order valence-corrected chi connectivity index (χ1v) is 7.01. The quantitative estimate of drug-likeness (QED) is 0.244. The molecule has 128 valence electrons. The topological polar surface area (TPSA) is 79.6 Å². The van der Waals surface area contributed by atoms with E-state index < -0.39 is 4.92 Å². The summed E-state index contributed by atoms with van der Waals surface area (Å²) in [5, 5.41) is 17.0. The van der Waals surface area contributed by atoms with Gasteiger partial charge < -0.3 is 10.6 Å². The summed E-state index contributed by atoms with van der Waals surface area (Å²) in [6.07, 6.45) is 0. The number of para-hydroxylation sites is 1. The van der Waals surface area contributed by atoms with Gasteiger partial charge in [-0.25, -0.2) is 4.39 Å². The van der Waals surface area contributed by atoms with Crippen LogP contribution in [0.4, 0.5) is 10.1 Å². The van der Waals surface area contributed by atoms with E-state index >= 15 is 0 Å². The highest BCUT2D eigenvalue weighted by atomic mass is 127. The molecular formula is C16H18FIN4O2. The molecule has 0 amide bonds. The van der Waals surface area contributed by atoms with Gasteiger partial charge in [0.2, 0.25) is 0 Å². The Morgan fingerprint density at radius 1 is 1.17 bits per heavy atom. The number of nitrogens with one attached hydrogen (secondary N) is 2. The molecule has 0 aliphatic carbocycles. The van der Waals surface area contributed by atoms with Crippen LogP contribution >= 0.6 is 24.0 Å². The van der Waals surface area contributed by atoms with Crippen molar-refractivity contribution in [2.24, 2.45) is 4.99 Å². The van der Waals surface area contributed by atoms with Gasteiger partial charge in [-0.05, 0) is 17.7 Å². The lowest BCUT2D eigenvalue weighted by Gasteiger charge is -2.12. The lowest BCUT2D eigenvalue weighted by molar-refractivity contribution is -0.385. The number of guanidine groups is 1. The molecule has 0 aromatic heterocycles. The monoisotopic (exact) mass is 444 g/mol. The van der Waals surface area contributed by atoms with Crippen LogP contribution in [0.5, 0.6) is 0 Å². The number of nitrogens with zero attached hydrogens (tertiary/aromatic N) is 2. The number of hydrogen-bond acceptors (Lipinski definition) is 3. The maximum atomic E-state index is 13.1. The van der Waals surface area contributed by atoms with E-state index in [2.05, 4.69) is 15.6 Å². The molecule has 6 nitrogen and oxygen atoms in total. The summed E-state index contributed by atoms with van der Waals surface area (Å²) in [7, 11) is 1.60. The molecule has 0 radical (unpaired) electrons. The molecule has 0 aliphatic heterocycles. The van der Waals surface area contributed by atoms with Gasteiger partial charge in [0.05, 0.1) is 4.92 Å². The fourth-order valence-corrected chi connectivity index (χ4v) is 2.07. The van der Waals surface area contributed by atoms with Crippen molar-refractivity contribution >= 4 is 35.6 Å². The Morgan fingerprint density at radius 3 is 2.54 bits per heavy atom. The van der Waals surface area contributed by atoms with Crippen LogP contribution < -0.4 is 10.6 Å². The molecule has 2 aromatic carbocycles. The molecule has 2 aromatic rings. The van der Waals surface area contributed by atoms with Gasteiger partial charge in [0.1, 0.15) is 5.82 Å². The second kappa shape index (κ2) is 9.81. The molecule has 8 heteroatoms. The smallest absolute Gasteiger partial charge is 0.274 e. The predicted octanol–water partition coefficient (Wildman–Crippen LogP) is 3.22. The van der Waals surface area contributed by atoms with Gasteiger partial charge >= 0.3 is 0 Å². The Morgan fingerprint density at radius 2 is 1.88 bits per heavy atom. The summed E-state index contributed by atoms with van der Waals surface area (Å²) in [6.45, 7) is 0.661. The van der Waals surface area contributed by atoms with E-state index in [4.69, 9.17) is 0 Å². The first-order valence-electron chi connectivity index (χ1n) is 7.01. The van der Waals surface area contributed by atoms with Crippen molar-refractivity contribution in [3.8, 4) is 0 Å². The van der Waals surface area contributed by atoms with Crippen molar-refractivity contribution in [2.75, 3.05) is 7.05 Å². The van der Waals surface area contributed by atoms with E-state index in [0.29, 0.717) is 18.1 Å². The lowest BCUT2D eigenvalue weighted by atomic mass is 10.2. The van der Waals surface area contributed by atoms with E-state index in [1.54, 1.807) is 37.4 Å². The number of nitro groups is 1. The fraction of sp³-hybridized carbons (Fsp3) is 0.188. The summed E-state index contributed by atoms with van der Waals surface area (Å²) in [5.41, 5.74) is 1.39. The Bertz CT molecular complexity index is 725. The minimum atomic E-state index is -0.417. The molecule has 0 heterocycles. The Balaban J connectivity index is 0.00000288. The van der Waals surface area contributed by atoms with Crippen LogP contribution in [0.25, 0.3) is 0 Å². The Hall–Kier alpha value is -2.23. The SMILES string of the molecule is CN=C(NCc1cccc(F)c1)NCc1ccccc1[N+](=O)[O-].I. The van der Waals surface area contributed by atoms with Gasteiger partial charge in [-0.1, -0.05) is 30.3 Å². The summed E-state index contributed by atoms with van der Waals surface area (Å²) in [4.78, 5) is 14.6. The summed E-state index contributed by atoms with van der Waals surface area (Å²) < 4.78 is 13.1. The number of halogens is 2. The Labute approximate surface area is 156 Å². The highest BCUT2D eigenvalue weighted by Crippen LogP contribution is 2.16. The van der Waals surface area contributed by atoms with Crippen molar-refractivity contribution in [1.82, 2.24) is 10.6 Å². The van der Waals surface area contributed by atoms with E-state index in [0.717, 1.165) is 5.56 Å². The van der Waals surface area contributed by atoms with E-state index in [1.807, 2.05) is 0 Å². The zero-order chi connectivity index (χ0) is 16.7. The maximum Gasteiger partial charge on any atom is 0.274 e. The number of hydrogen-bond donors (Lipinski definition) is 2. The molecular weight excluding hydrogens is 426 g/mol. The van der Waals surface area contributed by atoms with Gasteiger partial charge in [-0.3, -0.25) is 15.1 Å². The molecule has 2 N–H and O–H groups in total. The van der Waals surface area contributed by atoms with Crippen molar-refractivity contribution in [2.45, 2.75) is 13.1 Å². The van der Waals surface area contributed by atoms with Crippen molar-refractivity contribution in [1.29, 1.82) is 0 Å². The normalized spacial score (nSPS) is 10.7. The molecule has 2 rings (SSSR count). The third-order valence-corrected chi connectivity index (χ3v) is 3.21. The zero-order valence-electron chi connectivity index (χ0n) is 13.0. The van der Waals surface area contributed by atoms with Gasteiger partial charge in [-0.2, -0.15) is 0 Å². The Kier molecular flexibility index (Phi) is 8.10. The van der Waals surface area contributed by atoms with Crippen LogP contribution in [-0.2, 0) is 13.1 Å². The first-order chi connectivity index (χ1) is 11.1. The van der Waals surface area contributed by atoms with Crippen LogP contribution in [0, 0.1) is 15.9 Å². The van der Waals surface area contributed by atoms with Gasteiger partial charge in [-0.15, -0.1) is 24.0 Å². The maximum absolute atomic E-state index is 13.1. The van der Waals surface area contributed by atoms with Crippen LogP contribution in [0.2, 0.25) is 0 Å². The molecule has 0 aliphatic rings. The predicted molar refractivity (Wildman–Crippen MR) is 102 cm³/mol. The average Bonchev–Trinajstić information content (AvgIpc) is 2.55. The van der Waals surface area contributed by atoms with E-state index in [1.165, 1.54) is 18.2 Å². The molecule has 24 heavy (non-hydrogen) atoms. The minimum Gasteiger partial charge on any atom is -0.352 e. The number of nitro benzene ring substituents is 1. The molecule has 0 unspecified atom stereocenters. The third-order valence-electron chi connectivity index (χ3n) is 3.21. The van der Waals surface area contributed by atoms with Crippen LogP contribution in [0.3, 0.4) is 0 Å². The molecule has 0 bridgehead atoms. The van der Waals surface area contributed by atoms with E-state index in [-0.39, 0.29) is 42.0 Å². The summed E-state index contributed by atoms with van der Waals surface area (Å²) in [5.74, 6) is 0.180. The van der Waals surface area contributed by atoms with Gasteiger partial charge in [0.15, 0.2) is 5.96 Å². The van der Waals surface area contributed by atoms with Crippen LogP contribution in [-0.4, -0.2) is 17.9 Å². The summed E-state index contributed by atoms with van der Waals surface area (Å²) in [6, 6.07) is 12.8. The highest BCUT2D eigenvalue weighted by molar-refractivity contribution is 14.0. The fourth-order valence-electron chi connectivity index (χ4n) is 2.07. The van der Waals surface area contributed by atoms with Crippen molar-refractivity contribution in [3.05, 3.63) is 75.6 Å².